The largest absolute Gasteiger partial charge is 0.350 e. The van der Waals surface area contributed by atoms with Crippen LogP contribution in [0, 0.1) is 24.2 Å². The zero-order chi connectivity index (χ0) is 18.8. The molecule has 7 nitrogen and oxygen atoms in total. The molecule has 0 aromatic carbocycles. The van der Waals surface area contributed by atoms with Gasteiger partial charge in [0.15, 0.2) is 0 Å². The molecule has 2 atom stereocenters. The molecule has 4 fully saturated rings. The van der Waals surface area contributed by atoms with E-state index in [2.05, 4.69) is 36.4 Å². The van der Waals surface area contributed by atoms with Crippen LogP contribution in [0.3, 0.4) is 0 Å². The van der Waals surface area contributed by atoms with E-state index >= 15 is 0 Å². The normalized spacial score (nSPS) is 34.2. The first-order valence-corrected chi connectivity index (χ1v) is 10.5. The van der Waals surface area contributed by atoms with Crippen LogP contribution in [0.1, 0.15) is 49.9 Å². The summed E-state index contributed by atoms with van der Waals surface area (Å²) in [6.07, 6.45) is 8.23. The summed E-state index contributed by atoms with van der Waals surface area (Å²) < 4.78 is 4.52. The average molecular weight is 433 g/mol. The quantitative estimate of drug-likeness (QED) is 0.805. The SMILES string of the molecule is Cc1cc(CNC(=O)C23CC4CC(C2)CC(n2cnc(Br)n2)(C4)C3)n(C)n1. The van der Waals surface area contributed by atoms with Crippen molar-refractivity contribution in [2.75, 3.05) is 0 Å². The van der Waals surface area contributed by atoms with Crippen LogP contribution in [0.4, 0.5) is 0 Å². The molecule has 144 valence electrons. The highest BCUT2D eigenvalue weighted by Crippen LogP contribution is 2.64. The Bertz CT molecular complexity index is 888. The van der Waals surface area contributed by atoms with Gasteiger partial charge in [-0.15, -0.1) is 5.10 Å². The Labute approximate surface area is 167 Å². The Morgan fingerprint density at radius 2 is 2.04 bits per heavy atom. The number of amides is 1. The number of aryl methyl sites for hydroxylation is 2. The van der Waals surface area contributed by atoms with Gasteiger partial charge in [0.25, 0.3) is 0 Å². The van der Waals surface area contributed by atoms with Crippen molar-refractivity contribution in [3.8, 4) is 0 Å². The van der Waals surface area contributed by atoms with Crippen LogP contribution < -0.4 is 5.32 Å². The summed E-state index contributed by atoms with van der Waals surface area (Å²) in [5, 5.41) is 12.2. The van der Waals surface area contributed by atoms with Crippen LogP contribution in [0.25, 0.3) is 0 Å². The van der Waals surface area contributed by atoms with Gasteiger partial charge in [-0.05, 0) is 79.3 Å². The summed E-state index contributed by atoms with van der Waals surface area (Å²) in [5.74, 6) is 1.43. The lowest BCUT2D eigenvalue weighted by Gasteiger charge is -2.60. The summed E-state index contributed by atoms with van der Waals surface area (Å²) in [4.78, 5) is 17.7. The van der Waals surface area contributed by atoms with Crippen molar-refractivity contribution in [1.82, 2.24) is 29.9 Å². The minimum Gasteiger partial charge on any atom is -0.350 e. The minimum absolute atomic E-state index is 0.0520. The number of rotatable bonds is 4. The fraction of sp³-hybridized carbons (Fsp3) is 0.684. The summed E-state index contributed by atoms with van der Waals surface area (Å²) in [7, 11) is 1.93. The fourth-order valence-corrected chi connectivity index (χ4v) is 6.67. The Hall–Kier alpha value is -1.70. The summed E-state index contributed by atoms with van der Waals surface area (Å²) in [6.45, 7) is 2.51. The van der Waals surface area contributed by atoms with Gasteiger partial charge in [-0.3, -0.25) is 9.48 Å². The maximum atomic E-state index is 13.4. The second-order valence-corrected chi connectivity index (χ2v) is 9.72. The van der Waals surface area contributed by atoms with Crippen molar-refractivity contribution < 1.29 is 4.79 Å². The number of hydrogen-bond donors (Lipinski definition) is 1. The van der Waals surface area contributed by atoms with Gasteiger partial charge in [-0.1, -0.05) is 0 Å². The number of carbonyl (C=O) groups excluding carboxylic acids is 1. The third kappa shape index (κ3) is 2.75. The van der Waals surface area contributed by atoms with E-state index in [0.717, 1.165) is 43.5 Å². The predicted octanol–water partition coefficient (Wildman–Crippen LogP) is 2.69. The monoisotopic (exact) mass is 432 g/mol. The molecule has 4 saturated carbocycles. The van der Waals surface area contributed by atoms with Crippen molar-refractivity contribution in [1.29, 1.82) is 0 Å². The highest BCUT2D eigenvalue weighted by molar-refractivity contribution is 9.10. The van der Waals surface area contributed by atoms with E-state index in [4.69, 9.17) is 0 Å². The highest BCUT2D eigenvalue weighted by Gasteiger charge is 2.61. The lowest BCUT2D eigenvalue weighted by atomic mass is 9.46. The molecule has 0 radical (unpaired) electrons. The van der Waals surface area contributed by atoms with E-state index in [1.807, 2.05) is 35.7 Å². The molecule has 4 aliphatic carbocycles. The van der Waals surface area contributed by atoms with Crippen molar-refractivity contribution in [3.05, 3.63) is 28.5 Å². The number of hydrogen-bond acceptors (Lipinski definition) is 4. The van der Waals surface area contributed by atoms with Crippen LogP contribution in [-0.4, -0.2) is 30.5 Å². The van der Waals surface area contributed by atoms with Crippen LogP contribution in [0.5, 0.6) is 0 Å². The molecular formula is C19H25BrN6O. The molecule has 2 aromatic heterocycles. The zero-order valence-electron chi connectivity index (χ0n) is 15.8. The molecule has 27 heavy (non-hydrogen) atoms. The van der Waals surface area contributed by atoms with Gasteiger partial charge in [0.05, 0.1) is 28.9 Å². The van der Waals surface area contributed by atoms with Gasteiger partial charge in [0, 0.05) is 7.05 Å². The van der Waals surface area contributed by atoms with E-state index in [9.17, 15) is 4.79 Å². The van der Waals surface area contributed by atoms with E-state index in [1.165, 1.54) is 6.42 Å². The average Bonchev–Trinajstić information content (AvgIpc) is 3.17. The van der Waals surface area contributed by atoms with Crippen molar-refractivity contribution in [3.63, 3.8) is 0 Å². The molecule has 0 aliphatic heterocycles. The molecule has 1 N–H and O–H groups in total. The second-order valence-electron chi connectivity index (χ2n) is 9.01. The van der Waals surface area contributed by atoms with Crippen LogP contribution in [0.15, 0.2) is 17.1 Å². The number of aromatic nitrogens is 5. The maximum absolute atomic E-state index is 13.4. The molecule has 0 saturated heterocycles. The topological polar surface area (TPSA) is 77.6 Å². The Kier molecular flexibility index (Phi) is 3.80. The molecular weight excluding hydrogens is 408 g/mol. The summed E-state index contributed by atoms with van der Waals surface area (Å²) >= 11 is 3.38. The molecule has 6 rings (SSSR count). The van der Waals surface area contributed by atoms with Gasteiger partial charge < -0.3 is 5.32 Å². The first-order chi connectivity index (χ1) is 12.9. The first-order valence-electron chi connectivity index (χ1n) is 9.73. The molecule has 2 heterocycles. The Morgan fingerprint density at radius 3 is 2.63 bits per heavy atom. The summed E-state index contributed by atoms with van der Waals surface area (Å²) in [5.41, 5.74) is 1.70. The smallest absolute Gasteiger partial charge is 0.226 e. The fourth-order valence-electron chi connectivity index (χ4n) is 6.41. The zero-order valence-corrected chi connectivity index (χ0v) is 17.4. The maximum Gasteiger partial charge on any atom is 0.226 e. The molecule has 2 unspecified atom stereocenters. The van der Waals surface area contributed by atoms with E-state index in [-0.39, 0.29) is 16.9 Å². The van der Waals surface area contributed by atoms with Gasteiger partial charge in [-0.25, -0.2) is 9.67 Å². The lowest BCUT2D eigenvalue weighted by molar-refractivity contribution is -0.156. The van der Waals surface area contributed by atoms with E-state index < -0.39 is 0 Å². The summed E-state index contributed by atoms with van der Waals surface area (Å²) in [6, 6.07) is 2.04. The lowest BCUT2D eigenvalue weighted by Crippen LogP contribution is -2.61. The van der Waals surface area contributed by atoms with E-state index in [0.29, 0.717) is 23.1 Å². The van der Waals surface area contributed by atoms with Gasteiger partial charge in [0.2, 0.25) is 10.6 Å². The van der Waals surface area contributed by atoms with Gasteiger partial charge in [0.1, 0.15) is 6.33 Å². The first kappa shape index (κ1) is 17.4. The molecule has 2 aromatic rings. The number of halogens is 1. The van der Waals surface area contributed by atoms with Crippen molar-refractivity contribution >= 4 is 21.8 Å². The minimum atomic E-state index is -0.268. The predicted molar refractivity (Wildman–Crippen MR) is 103 cm³/mol. The third-order valence-electron chi connectivity index (χ3n) is 6.99. The van der Waals surface area contributed by atoms with Crippen LogP contribution in [0.2, 0.25) is 0 Å². The van der Waals surface area contributed by atoms with E-state index in [1.54, 1.807) is 0 Å². The number of carbonyl (C=O) groups is 1. The van der Waals surface area contributed by atoms with Gasteiger partial charge >= 0.3 is 0 Å². The Morgan fingerprint density at radius 1 is 1.30 bits per heavy atom. The Balaban J connectivity index is 1.40. The highest BCUT2D eigenvalue weighted by atomic mass is 79.9. The molecule has 4 aliphatic rings. The molecule has 1 amide bonds. The second kappa shape index (κ2) is 5.90. The third-order valence-corrected chi connectivity index (χ3v) is 7.35. The molecule has 0 spiro atoms. The van der Waals surface area contributed by atoms with Crippen molar-refractivity contribution in [2.45, 2.75) is 57.5 Å². The standard InChI is InChI=1S/C19H25BrN6O/c1-12-3-15(25(2)23-12)9-21-16(27)18-5-13-4-14(6-18)8-19(7-13,10-18)26-11-22-17(20)24-26/h3,11,13-14H,4-10H2,1-2H3,(H,21,27). The molecule has 8 heteroatoms. The molecule has 4 bridgehead atoms. The van der Waals surface area contributed by atoms with Crippen LogP contribution in [-0.2, 0) is 23.9 Å². The number of nitrogens with zero attached hydrogens (tertiary/aromatic N) is 5. The van der Waals surface area contributed by atoms with Crippen LogP contribution >= 0.6 is 15.9 Å². The van der Waals surface area contributed by atoms with Crippen molar-refractivity contribution in [2.24, 2.45) is 24.3 Å². The van der Waals surface area contributed by atoms with Gasteiger partial charge in [-0.2, -0.15) is 5.10 Å². The number of nitrogens with one attached hydrogen (secondary N) is 1.